The van der Waals surface area contributed by atoms with Gasteiger partial charge in [-0.05, 0) is 31.0 Å². The molecule has 114 valence electrons. The van der Waals surface area contributed by atoms with E-state index in [0.29, 0.717) is 17.4 Å². The second-order valence-corrected chi connectivity index (χ2v) is 7.23. The predicted molar refractivity (Wildman–Crippen MR) is 84.3 cm³/mol. The maximum absolute atomic E-state index is 12.1. The molecule has 6 heteroatoms. The number of anilines is 2. The van der Waals surface area contributed by atoms with Gasteiger partial charge in [0, 0.05) is 20.1 Å². The summed E-state index contributed by atoms with van der Waals surface area (Å²) in [6.07, 6.45) is 3.07. The molecule has 0 saturated heterocycles. The molecule has 0 heterocycles. The maximum Gasteiger partial charge on any atom is 0.242 e. The largest absolute Gasteiger partial charge is 0.397 e. The number of hydrogen-bond acceptors (Lipinski definition) is 4. The van der Waals surface area contributed by atoms with E-state index in [1.807, 2.05) is 0 Å². The second kappa shape index (κ2) is 6.95. The van der Waals surface area contributed by atoms with Crippen LogP contribution in [0.2, 0.25) is 0 Å². The molecule has 0 fully saturated rings. The van der Waals surface area contributed by atoms with Gasteiger partial charge in [0.1, 0.15) is 0 Å². The molecule has 0 aromatic heterocycles. The third-order valence-electron chi connectivity index (χ3n) is 3.29. The van der Waals surface area contributed by atoms with E-state index in [9.17, 15) is 8.42 Å². The number of nitrogen functional groups attached to an aromatic ring is 1. The van der Waals surface area contributed by atoms with Gasteiger partial charge in [0.2, 0.25) is 10.0 Å². The molecule has 20 heavy (non-hydrogen) atoms. The summed E-state index contributed by atoms with van der Waals surface area (Å²) in [7, 11) is -0.396. The molecule has 0 radical (unpaired) electrons. The number of rotatable bonds is 7. The molecule has 3 N–H and O–H groups in total. The Labute approximate surface area is 122 Å². The van der Waals surface area contributed by atoms with Gasteiger partial charge in [0.25, 0.3) is 0 Å². The average Bonchev–Trinajstić information content (AvgIpc) is 2.40. The highest BCUT2D eigenvalue weighted by molar-refractivity contribution is 7.89. The van der Waals surface area contributed by atoms with Crippen LogP contribution in [0.4, 0.5) is 11.4 Å². The third-order valence-corrected chi connectivity index (χ3v) is 5.10. The lowest BCUT2D eigenvalue weighted by molar-refractivity contribution is 0.521. The van der Waals surface area contributed by atoms with E-state index in [0.717, 1.165) is 19.3 Å². The zero-order valence-electron chi connectivity index (χ0n) is 12.7. The van der Waals surface area contributed by atoms with Gasteiger partial charge in [-0.2, -0.15) is 0 Å². The van der Waals surface area contributed by atoms with Gasteiger partial charge >= 0.3 is 0 Å². The summed E-state index contributed by atoms with van der Waals surface area (Å²) in [6.45, 7) is 4.23. The van der Waals surface area contributed by atoms with Crippen LogP contribution in [0.3, 0.4) is 0 Å². The zero-order chi connectivity index (χ0) is 15.3. The minimum atomic E-state index is -3.43. The van der Waals surface area contributed by atoms with Crippen LogP contribution in [0.1, 0.15) is 33.1 Å². The van der Waals surface area contributed by atoms with Crippen LogP contribution in [0.25, 0.3) is 0 Å². The SMILES string of the molecule is CCCC(CC)Nc1cc(S(=O)(=O)N(C)C)ccc1N. The van der Waals surface area contributed by atoms with E-state index >= 15 is 0 Å². The van der Waals surface area contributed by atoms with Crippen LogP contribution >= 0.6 is 0 Å². The topological polar surface area (TPSA) is 75.4 Å². The molecule has 0 bridgehead atoms. The molecule has 0 saturated carbocycles. The van der Waals surface area contributed by atoms with E-state index < -0.39 is 10.0 Å². The maximum atomic E-state index is 12.1. The molecule has 0 aliphatic rings. The van der Waals surface area contributed by atoms with Crippen LogP contribution in [0, 0.1) is 0 Å². The fraction of sp³-hybridized carbons (Fsp3) is 0.571. The van der Waals surface area contributed by atoms with Crippen molar-refractivity contribution in [3.63, 3.8) is 0 Å². The van der Waals surface area contributed by atoms with Gasteiger partial charge in [-0.15, -0.1) is 0 Å². The predicted octanol–water partition coefficient (Wildman–Crippen LogP) is 2.51. The van der Waals surface area contributed by atoms with Crippen molar-refractivity contribution >= 4 is 21.4 Å². The molecule has 1 rings (SSSR count). The first-order valence-corrected chi connectivity index (χ1v) is 8.35. The molecule has 0 aliphatic carbocycles. The van der Waals surface area contributed by atoms with Crippen molar-refractivity contribution in [3.8, 4) is 0 Å². The zero-order valence-corrected chi connectivity index (χ0v) is 13.5. The van der Waals surface area contributed by atoms with Crippen molar-refractivity contribution in [2.75, 3.05) is 25.1 Å². The number of hydrogen-bond donors (Lipinski definition) is 2. The standard InChI is InChI=1S/C14H25N3O2S/c1-5-7-11(6-2)16-14-10-12(8-9-13(14)15)20(18,19)17(3)4/h8-11,16H,5-7,15H2,1-4H3. The summed E-state index contributed by atoms with van der Waals surface area (Å²) in [5.41, 5.74) is 7.19. The molecule has 0 spiro atoms. The number of benzene rings is 1. The van der Waals surface area contributed by atoms with Crippen molar-refractivity contribution in [2.45, 2.75) is 44.0 Å². The Balaban J connectivity index is 3.09. The van der Waals surface area contributed by atoms with Crippen LogP contribution in [-0.4, -0.2) is 32.9 Å². The Kier molecular flexibility index (Phi) is 5.83. The highest BCUT2D eigenvalue weighted by Gasteiger charge is 2.18. The van der Waals surface area contributed by atoms with E-state index in [-0.39, 0.29) is 4.90 Å². The highest BCUT2D eigenvalue weighted by atomic mass is 32.2. The summed E-state index contributed by atoms with van der Waals surface area (Å²) >= 11 is 0. The van der Waals surface area contributed by atoms with Gasteiger partial charge in [0.15, 0.2) is 0 Å². The number of nitrogens with one attached hydrogen (secondary N) is 1. The summed E-state index contributed by atoms with van der Waals surface area (Å²) in [5.74, 6) is 0. The van der Waals surface area contributed by atoms with Crippen molar-refractivity contribution in [2.24, 2.45) is 0 Å². The van der Waals surface area contributed by atoms with E-state index in [2.05, 4.69) is 19.2 Å². The molecule has 1 unspecified atom stereocenters. The molecular formula is C14H25N3O2S. The molecular weight excluding hydrogens is 274 g/mol. The Morgan fingerprint density at radius 2 is 1.95 bits per heavy atom. The van der Waals surface area contributed by atoms with Gasteiger partial charge in [-0.3, -0.25) is 0 Å². The Morgan fingerprint density at radius 1 is 1.30 bits per heavy atom. The van der Waals surface area contributed by atoms with Gasteiger partial charge in [-0.1, -0.05) is 20.3 Å². The van der Waals surface area contributed by atoms with E-state index in [1.54, 1.807) is 12.1 Å². The van der Waals surface area contributed by atoms with Gasteiger partial charge in [0.05, 0.1) is 16.3 Å². The fourth-order valence-electron chi connectivity index (χ4n) is 1.98. The van der Waals surface area contributed by atoms with Crippen LogP contribution in [-0.2, 0) is 10.0 Å². The summed E-state index contributed by atoms with van der Waals surface area (Å²) in [5, 5.41) is 3.34. The first kappa shape index (κ1) is 16.8. The van der Waals surface area contributed by atoms with Crippen LogP contribution in [0.5, 0.6) is 0 Å². The van der Waals surface area contributed by atoms with E-state index in [4.69, 9.17) is 5.73 Å². The summed E-state index contributed by atoms with van der Waals surface area (Å²) < 4.78 is 25.5. The quantitative estimate of drug-likeness (QED) is 0.759. The number of nitrogens with zero attached hydrogens (tertiary/aromatic N) is 1. The number of sulfonamides is 1. The Bertz CT molecular complexity index is 541. The third kappa shape index (κ3) is 3.86. The second-order valence-electron chi connectivity index (χ2n) is 5.07. The Morgan fingerprint density at radius 3 is 2.45 bits per heavy atom. The summed E-state index contributed by atoms with van der Waals surface area (Å²) in [6, 6.07) is 5.09. The van der Waals surface area contributed by atoms with Crippen LogP contribution < -0.4 is 11.1 Å². The lowest BCUT2D eigenvalue weighted by Gasteiger charge is -2.20. The van der Waals surface area contributed by atoms with Crippen molar-refractivity contribution in [1.82, 2.24) is 4.31 Å². The fourth-order valence-corrected chi connectivity index (χ4v) is 2.91. The molecule has 0 amide bonds. The lowest BCUT2D eigenvalue weighted by Crippen LogP contribution is -2.23. The van der Waals surface area contributed by atoms with Crippen LogP contribution in [0.15, 0.2) is 23.1 Å². The first-order chi connectivity index (χ1) is 9.32. The number of nitrogens with two attached hydrogens (primary N) is 1. The minimum Gasteiger partial charge on any atom is -0.397 e. The molecule has 1 aromatic carbocycles. The van der Waals surface area contributed by atoms with Crippen molar-refractivity contribution in [3.05, 3.63) is 18.2 Å². The first-order valence-electron chi connectivity index (χ1n) is 6.91. The van der Waals surface area contributed by atoms with Gasteiger partial charge in [-0.25, -0.2) is 12.7 Å². The Hall–Kier alpha value is -1.27. The average molecular weight is 299 g/mol. The van der Waals surface area contributed by atoms with Crippen molar-refractivity contribution < 1.29 is 8.42 Å². The molecule has 0 aliphatic heterocycles. The smallest absolute Gasteiger partial charge is 0.242 e. The molecule has 5 nitrogen and oxygen atoms in total. The molecule has 1 aromatic rings. The highest BCUT2D eigenvalue weighted by Crippen LogP contribution is 2.25. The van der Waals surface area contributed by atoms with E-state index in [1.165, 1.54) is 24.5 Å². The monoisotopic (exact) mass is 299 g/mol. The van der Waals surface area contributed by atoms with Gasteiger partial charge < -0.3 is 11.1 Å². The lowest BCUT2D eigenvalue weighted by atomic mass is 10.1. The summed E-state index contributed by atoms with van der Waals surface area (Å²) in [4.78, 5) is 0.255. The normalized spacial score (nSPS) is 13.4. The minimum absolute atomic E-state index is 0.255. The van der Waals surface area contributed by atoms with Crippen molar-refractivity contribution in [1.29, 1.82) is 0 Å². The molecule has 1 atom stereocenters.